The van der Waals surface area contributed by atoms with Crippen LogP contribution in [0.2, 0.25) is 0 Å². The van der Waals surface area contributed by atoms with Crippen LogP contribution in [0.4, 0.5) is 10.2 Å². The van der Waals surface area contributed by atoms with Gasteiger partial charge in [-0.15, -0.1) is 0 Å². The molecule has 0 aliphatic rings. The molecule has 0 radical (unpaired) electrons. The van der Waals surface area contributed by atoms with Gasteiger partial charge in [0.1, 0.15) is 17.5 Å². The van der Waals surface area contributed by atoms with E-state index in [9.17, 15) is 4.39 Å². The number of benzene rings is 1. The average Bonchev–Trinajstić information content (AvgIpc) is 2.86. The number of hydrogen-bond acceptors (Lipinski definition) is 4. The Hall–Kier alpha value is -2.76. The van der Waals surface area contributed by atoms with Crippen LogP contribution in [0.5, 0.6) is 0 Å². The minimum Gasteiger partial charge on any atom is -0.366 e. The molecule has 3 aromatic rings. The molecule has 0 aliphatic heterocycles. The molecule has 0 saturated heterocycles. The molecule has 0 amide bonds. The molecule has 3 rings (SSSR count). The summed E-state index contributed by atoms with van der Waals surface area (Å²) in [6.45, 7) is 11.5. The van der Waals surface area contributed by atoms with Crippen molar-refractivity contribution in [2.75, 3.05) is 5.32 Å². The molecule has 0 bridgehead atoms. The molecule has 0 fully saturated rings. The van der Waals surface area contributed by atoms with Crippen molar-refractivity contribution in [1.29, 1.82) is 0 Å². The lowest BCUT2D eigenvalue weighted by atomic mass is 10.1. The number of anilines is 1. The van der Waals surface area contributed by atoms with Gasteiger partial charge in [0.05, 0.1) is 11.4 Å². The summed E-state index contributed by atoms with van der Waals surface area (Å²) in [6.07, 6.45) is 0. The Morgan fingerprint density at radius 2 is 1.89 bits per heavy atom. The SMILES string of the molecule is Cc1nc(NCc2cccc(F)c2)cc([C@H](C)Cn2nc(C)c(C)c2C)n1. The van der Waals surface area contributed by atoms with E-state index in [1.807, 2.05) is 30.7 Å². The van der Waals surface area contributed by atoms with Crippen LogP contribution in [-0.2, 0) is 13.1 Å². The molecule has 142 valence electrons. The first-order valence-corrected chi connectivity index (χ1v) is 9.18. The van der Waals surface area contributed by atoms with E-state index in [0.29, 0.717) is 12.4 Å². The van der Waals surface area contributed by atoms with Gasteiger partial charge < -0.3 is 5.32 Å². The standard InChI is InChI=1S/C21H26FN5/c1-13(12-27-16(4)14(2)15(3)26-27)20-10-21(25-17(5)24-20)23-11-18-7-6-8-19(22)9-18/h6-10,13H,11-12H2,1-5H3,(H,23,24,25)/t13-/m1/s1. The number of halogens is 1. The molecule has 6 heteroatoms. The van der Waals surface area contributed by atoms with Crippen LogP contribution in [0.1, 0.15) is 46.9 Å². The number of nitrogens with one attached hydrogen (secondary N) is 1. The molecule has 0 unspecified atom stereocenters. The lowest BCUT2D eigenvalue weighted by Crippen LogP contribution is -2.13. The first kappa shape index (κ1) is 19.0. The monoisotopic (exact) mass is 367 g/mol. The summed E-state index contributed by atoms with van der Waals surface area (Å²) in [4.78, 5) is 9.06. The Balaban J connectivity index is 1.74. The van der Waals surface area contributed by atoms with Crippen molar-refractivity contribution in [3.05, 3.63) is 70.2 Å². The van der Waals surface area contributed by atoms with E-state index >= 15 is 0 Å². The summed E-state index contributed by atoms with van der Waals surface area (Å²) in [5, 5.41) is 7.90. The molecule has 2 heterocycles. The molecule has 0 spiro atoms. The fourth-order valence-corrected chi connectivity index (χ4v) is 3.09. The van der Waals surface area contributed by atoms with Gasteiger partial charge >= 0.3 is 0 Å². The van der Waals surface area contributed by atoms with Gasteiger partial charge in [0, 0.05) is 30.8 Å². The van der Waals surface area contributed by atoms with Crippen LogP contribution in [0.15, 0.2) is 30.3 Å². The number of aryl methyl sites for hydroxylation is 2. The minimum atomic E-state index is -0.234. The third kappa shape index (κ3) is 4.51. The van der Waals surface area contributed by atoms with E-state index in [1.165, 1.54) is 23.4 Å². The minimum absolute atomic E-state index is 0.193. The van der Waals surface area contributed by atoms with Crippen molar-refractivity contribution in [3.63, 3.8) is 0 Å². The molecule has 5 nitrogen and oxygen atoms in total. The van der Waals surface area contributed by atoms with Gasteiger partial charge in [0.25, 0.3) is 0 Å². The van der Waals surface area contributed by atoms with Gasteiger partial charge in [-0.2, -0.15) is 5.10 Å². The number of rotatable bonds is 6. The molecule has 1 aromatic carbocycles. The summed E-state index contributed by atoms with van der Waals surface area (Å²) in [6, 6.07) is 8.53. The highest BCUT2D eigenvalue weighted by Crippen LogP contribution is 2.21. The average molecular weight is 367 g/mol. The van der Waals surface area contributed by atoms with E-state index < -0.39 is 0 Å². The molecule has 27 heavy (non-hydrogen) atoms. The molecule has 0 aliphatic carbocycles. The summed E-state index contributed by atoms with van der Waals surface area (Å²) < 4.78 is 15.4. The van der Waals surface area contributed by atoms with Crippen LogP contribution < -0.4 is 5.32 Å². The Kier molecular flexibility index (Phi) is 5.54. The van der Waals surface area contributed by atoms with Gasteiger partial charge in [0.15, 0.2) is 0 Å². The van der Waals surface area contributed by atoms with Crippen molar-refractivity contribution in [1.82, 2.24) is 19.7 Å². The Labute approximate surface area is 159 Å². The van der Waals surface area contributed by atoms with Crippen LogP contribution in [0.25, 0.3) is 0 Å². The topological polar surface area (TPSA) is 55.6 Å². The smallest absolute Gasteiger partial charge is 0.130 e. The fourth-order valence-electron chi connectivity index (χ4n) is 3.09. The third-order valence-electron chi connectivity index (χ3n) is 4.92. The predicted molar refractivity (Wildman–Crippen MR) is 105 cm³/mol. The maximum atomic E-state index is 13.3. The summed E-state index contributed by atoms with van der Waals surface area (Å²) in [5.74, 6) is 1.42. The molecule has 2 aromatic heterocycles. The van der Waals surface area contributed by atoms with E-state index in [-0.39, 0.29) is 11.7 Å². The Bertz CT molecular complexity index is 948. The second-order valence-corrected chi connectivity index (χ2v) is 7.09. The fraction of sp³-hybridized carbons (Fsp3) is 0.381. The van der Waals surface area contributed by atoms with Crippen LogP contribution in [0.3, 0.4) is 0 Å². The quantitative estimate of drug-likeness (QED) is 0.699. The molecule has 1 N–H and O–H groups in total. The number of hydrogen-bond donors (Lipinski definition) is 1. The highest BCUT2D eigenvalue weighted by Gasteiger charge is 2.14. The van der Waals surface area contributed by atoms with Crippen molar-refractivity contribution in [3.8, 4) is 0 Å². The van der Waals surface area contributed by atoms with Gasteiger partial charge in [-0.25, -0.2) is 14.4 Å². The van der Waals surface area contributed by atoms with Crippen LogP contribution in [0, 0.1) is 33.5 Å². The maximum Gasteiger partial charge on any atom is 0.130 e. The summed E-state index contributed by atoms with van der Waals surface area (Å²) >= 11 is 0. The third-order valence-corrected chi connectivity index (χ3v) is 4.92. The zero-order chi connectivity index (χ0) is 19.6. The number of nitrogens with zero attached hydrogens (tertiary/aromatic N) is 4. The second-order valence-electron chi connectivity index (χ2n) is 7.09. The van der Waals surface area contributed by atoms with Gasteiger partial charge in [-0.3, -0.25) is 4.68 Å². The zero-order valence-corrected chi connectivity index (χ0v) is 16.5. The van der Waals surface area contributed by atoms with E-state index in [0.717, 1.165) is 29.3 Å². The van der Waals surface area contributed by atoms with Crippen molar-refractivity contribution in [2.24, 2.45) is 0 Å². The van der Waals surface area contributed by atoms with Crippen molar-refractivity contribution < 1.29 is 4.39 Å². The first-order chi connectivity index (χ1) is 12.8. The zero-order valence-electron chi connectivity index (χ0n) is 16.5. The predicted octanol–water partition coefficient (Wildman–Crippen LogP) is 4.46. The molecular weight excluding hydrogens is 341 g/mol. The Morgan fingerprint density at radius 3 is 2.56 bits per heavy atom. The second kappa shape index (κ2) is 7.86. The van der Waals surface area contributed by atoms with Crippen LogP contribution >= 0.6 is 0 Å². The largest absolute Gasteiger partial charge is 0.366 e. The molecule has 0 saturated carbocycles. The Morgan fingerprint density at radius 1 is 1.11 bits per heavy atom. The normalized spacial score (nSPS) is 12.2. The van der Waals surface area contributed by atoms with Crippen molar-refractivity contribution in [2.45, 2.75) is 53.6 Å². The van der Waals surface area contributed by atoms with E-state index in [4.69, 9.17) is 0 Å². The molecular formula is C21H26FN5. The van der Waals surface area contributed by atoms with E-state index in [1.54, 1.807) is 6.07 Å². The van der Waals surface area contributed by atoms with Crippen molar-refractivity contribution >= 4 is 5.82 Å². The van der Waals surface area contributed by atoms with E-state index in [2.05, 4.69) is 41.2 Å². The van der Waals surface area contributed by atoms with Gasteiger partial charge in [-0.1, -0.05) is 19.1 Å². The van der Waals surface area contributed by atoms with Gasteiger partial charge in [-0.05, 0) is 51.0 Å². The maximum absolute atomic E-state index is 13.3. The molecule has 1 atom stereocenters. The highest BCUT2D eigenvalue weighted by atomic mass is 19.1. The summed E-state index contributed by atoms with van der Waals surface area (Å²) in [7, 11) is 0. The van der Waals surface area contributed by atoms with Gasteiger partial charge in [0.2, 0.25) is 0 Å². The highest BCUT2D eigenvalue weighted by molar-refractivity contribution is 5.38. The lowest BCUT2D eigenvalue weighted by molar-refractivity contribution is 0.519. The first-order valence-electron chi connectivity index (χ1n) is 9.18. The summed E-state index contributed by atoms with van der Waals surface area (Å²) in [5.41, 5.74) is 5.33. The lowest BCUT2D eigenvalue weighted by Gasteiger charge is -2.15. The van der Waals surface area contributed by atoms with Crippen LogP contribution in [-0.4, -0.2) is 19.7 Å². The number of aromatic nitrogens is 4.